The highest BCUT2D eigenvalue weighted by molar-refractivity contribution is 5.88. The monoisotopic (exact) mass is 293 g/mol. The van der Waals surface area contributed by atoms with Crippen molar-refractivity contribution in [1.29, 1.82) is 0 Å². The van der Waals surface area contributed by atoms with E-state index in [4.69, 9.17) is 0 Å². The Morgan fingerprint density at radius 2 is 2.00 bits per heavy atom. The van der Waals surface area contributed by atoms with Crippen molar-refractivity contribution < 1.29 is 13.6 Å². The molecule has 0 bridgehead atoms. The molecule has 0 radical (unpaired) electrons. The number of H-pyrrole nitrogens is 1. The van der Waals surface area contributed by atoms with Crippen molar-refractivity contribution in [3.05, 3.63) is 57.5 Å². The van der Waals surface area contributed by atoms with Crippen molar-refractivity contribution in [2.75, 3.05) is 5.32 Å². The first-order valence-electron chi connectivity index (χ1n) is 6.32. The van der Waals surface area contributed by atoms with E-state index in [9.17, 15) is 18.4 Å². The van der Waals surface area contributed by atoms with E-state index in [1.807, 2.05) is 0 Å². The maximum absolute atomic E-state index is 13.6. The van der Waals surface area contributed by atoms with Crippen LogP contribution in [0, 0.1) is 11.6 Å². The number of rotatable bonds is 4. The number of carbonyl (C=O) groups excluding carboxylic acids is 1. The van der Waals surface area contributed by atoms with Crippen LogP contribution >= 0.6 is 0 Å². The molecule has 0 atom stereocenters. The number of benzene rings is 1. The minimum absolute atomic E-state index is 0.0407. The number of nitrogens with zero attached hydrogens (tertiary/aromatic N) is 1. The van der Waals surface area contributed by atoms with Gasteiger partial charge in [-0.1, -0.05) is 13.0 Å². The summed E-state index contributed by atoms with van der Waals surface area (Å²) < 4.78 is 27.2. The van der Waals surface area contributed by atoms with Crippen LogP contribution in [0.25, 0.3) is 0 Å². The zero-order valence-corrected chi connectivity index (χ0v) is 11.2. The number of aromatic amines is 1. The Kier molecular flexibility index (Phi) is 4.42. The van der Waals surface area contributed by atoms with Crippen LogP contribution in [0.1, 0.15) is 24.6 Å². The van der Waals surface area contributed by atoms with Crippen molar-refractivity contribution in [3.63, 3.8) is 0 Å². The van der Waals surface area contributed by atoms with Crippen molar-refractivity contribution in [1.82, 2.24) is 9.97 Å². The van der Waals surface area contributed by atoms with Crippen molar-refractivity contribution in [2.24, 2.45) is 0 Å². The molecule has 1 amide bonds. The molecule has 0 aliphatic carbocycles. The molecule has 110 valence electrons. The average molecular weight is 293 g/mol. The van der Waals surface area contributed by atoms with E-state index >= 15 is 0 Å². The van der Waals surface area contributed by atoms with Gasteiger partial charge in [0.1, 0.15) is 11.6 Å². The van der Waals surface area contributed by atoms with E-state index in [1.54, 1.807) is 6.92 Å². The Morgan fingerprint density at radius 3 is 2.62 bits per heavy atom. The maximum atomic E-state index is 13.6. The van der Waals surface area contributed by atoms with Crippen LogP contribution in [-0.4, -0.2) is 15.9 Å². The van der Waals surface area contributed by atoms with Crippen molar-refractivity contribution in [2.45, 2.75) is 19.8 Å². The summed E-state index contributed by atoms with van der Waals surface area (Å²) in [5, 5.41) is 2.39. The summed E-state index contributed by atoms with van der Waals surface area (Å²) in [4.78, 5) is 29.1. The van der Waals surface area contributed by atoms with Crippen LogP contribution in [0.2, 0.25) is 0 Å². The van der Waals surface area contributed by atoms with Crippen LogP contribution in [0.15, 0.2) is 29.1 Å². The van der Waals surface area contributed by atoms with E-state index in [0.29, 0.717) is 0 Å². The summed E-state index contributed by atoms with van der Waals surface area (Å²) in [6, 6.07) is 4.65. The summed E-state index contributed by atoms with van der Waals surface area (Å²) >= 11 is 0. The molecule has 2 rings (SSSR count). The lowest BCUT2D eigenvalue weighted by Gasteiger charge is -2.07. The summed E-state index contributed by atoms with van der Waals surface area (Å²) in [7, 11) is 0. The zero-order chi connectivity index (χ0) is 15.4. The molecule has 0 aliphatic rings. The summed E-state index contributed by atoms with van der Waals surface area (Å²) in [5.41, 5.74) is -0.527. The molecule has 0 fully saturated rings. The van der Waals surface area contributed by atoms with Gasteiger partial charge in [0.25, 0.3) is 5.56 Å². The van der Waals surface area contributed by atoms with Crippen LogP contribution in [0.5, 0.6) is 0 Å². The molecule has 2 aromatic rings. The van der Waals surface area contributed by atoms with Gasteiger partial charge in [0.05, 0.1) is 5.69 Å². The van der Waals surface area contributed by atoms with Gasteiger partial charge in [-0.2, -0.15) is 0 Å². The minimum atomic E-state index is -0.712. The molecule has 7 heteroatoms. The molecule has 21 heavy (non-hydrogen) atoms. The third-order valence-electron chi connectivity index (χ3n) is 2.79. The van der Waals surface area contributed by atoms with Crippen LogP contribution in [-0.2, 0) is 11.2 Å². The molecule has 0 saturated carbocycles. The fourth-order valence-corrected chi connectivity index (χ4v) is 1.76. The maximum Gasteiger partial charge on any atom is 0.252 e. The average Bonchev–Trinajstić information content (AvgIpc) is 2.42. The number of anilines is 1. The molecule has 1 heterocycles. The number of halogens is 2. The fraction of sp³-hybridized carbons (Fsp3) is 0.214. The molecule has 0 aliphatic heterocycles. The van der Waals surface area contributed by atoms with Gasteiger partial charge in [0.15, 0.2) is 0 Å². The van der Waals surface area contributed by atoms with Gasteiger partial charge in [-0.15, -0.1) is 0 Å². The van der Waals surface area contributed by atoms with Gasteiger partial charge in [0, 0.05) is 24.5 Å². The van der Waals surface area contributed by atoms with Crippen LogP contribution in [0.4, 0.5) is 14.7 Å². The van der Waals surface area contributed by atoms with Gasteiger partial charge >= 0.3 is 0 Å². The molecular formula is C14H13F2N3O2. The highest BCUT2D eigenvalue weighted by Crippen LogP contribution is 2.15. The number of carbonyl (C=O) groups is 1. The number of amides is 1. The third-order valence-corrected chi connectivity index (χ3v) is 2.79. The molecule has 0 unspecified atom stereocenters. The fourth-order valence-electron chi connectivity index (χ4n) is 1.76. The number of hydrogen-bond donors (Lipinski definition) is 2. The van der Waals surface area contributed by atoms with E-state index in [-0.39, 0.29) is 36.0 Å². The van der Waals surface area contributed by atoms with E-state index < -0.39 is 17.2 Å². The SMILES string of the molecule is CCC(=O)Nc1nc(Cc2c(F)cccc2F)cc(=O)[nH]1. The Morgan fingerprint density at radius 1 is 1.33 bits per heavy atom. The zero-order valence-electron chi connectivity index (χ0n) is 11.2. The summed E-state index contributed by atoms with van der Waals surface area (Å²) in [6.45, 7) is 1.64. The van der Waals surface area contributed by atoms with E-state index in [2.05, 4.69) is 15.3 Å². The Hall–Kier alpha value is -2.57. The van der Waals surface area contributed by atoms with Gasteiger partial charge in [-0.3, -0.25) is 19.9 Å². The summed E-state index contributed by atoms with van der Waals surface area (Å²) in [5.74, 6) is -1.79. The first-order chi connectivity index (χ1) is 9.99. The third kappa shape index (κ3) is 3.71. The largest absolute Gasteiger partial charge is 0.296 e. The topological polar surface area (TPSA) is 74.8 Å². The quantitative estimate of drug-likeness (QED) is 0.905. The van der Waals surface area contributed by atoms with Gasteiger partial charge in [0.2, 0.25) is 11.9 Å². The van der Waals surface area contributed by atoms with E-state index in [0.717, 1.165) is 18.2 Å². The normalized spacial score (nSPS) is 10.4. The highest BCUT2D eigenvalue weighted by Gasteiger charge is 2.11. The first kappa shape index (κ1) is 14.8. The Labute approximate surface area is 119 Å². The number of nitrogens with one attached hydrogen (secondary N) is 2. The van der Waals surface area contributed by atoms with Crippen molar-refractivity contribution >= 4 is 11.9 Å². The lowest BCUT2D eigenvalue weighted by Crippen LogP contribution is -2.18. The van der Waals surface area contributed by atoms with Gasteiger partial charge in [-0.05, 0) is 12.1 Å². The smallest absolute Gasteiger partial charge is 0.252 e. The summed E-state index contributed by atoms with van der Waals surface area (Å²) in [6.07, 6.45) is 0.0350. The molecule has 1 aromatic heterocycles. The van der Waals surface area contributed by atoms with E-state index in [1.165, 1.54) is 6.07 Å². The Bertz CT molecular complexity index is 708. The first-order valence-corrected chi connectivity index (χ1v) is 6.32. The molecule has 5 nitrogen and oxygen atoms in total. The molecular weight excluding hydrogens is 280 g/mol. The number of hydrogen-bond acceptors (Lipinski definition) is 3. The van der Waals surface area contributed by atoms with Crippen molar-refractivity contribution in [3.8, 4) is 0 Å². The minimum Gasteiger partial charge on any atom is -0.296 e. The van der Waals surface area contributed by atoms with Crippen LogP contribution in [0.3, 0.4) is 0 Å². The second-order valence-corrected chi connectivity index (χ2v) is 4.36. The second kappa shape index (κ2) is 6.25. The Balaban J connectivity index is 2.32. The lowest BCUT2D eigenvalue weighted by atomic mass is 10.1. The molecule has 1 aromatic carbocycles. The predicted molar refractivity (Wildman–Crippen MR) is 72.9 cm³/mol. The highest BCUT2D eigenvalue weighted by atomic mass is 19.1. The van der Waals surface area contributed by atoms with Gasteiger partial charge in [-0.25, -0.2) is 13.8 Å². The number of aromatic nitrogens is 2. The standard InChI is InChI=1S/C14H13F2N3O2/c1-2-12(20)18-14-17-8(7-13(21)19-14)6-9-10(15)4-3-5-11(9)16/h3-5,7H,2,6H2,1H3,(H2,17,18,19,20,21). The van der Waals surface area contributed by atoms with Crippen LogP contribution < -0.4 is 10.9 Å². The molecule has 0 saturated heterocycles. The predicted octanol–water partition coefficient (Wildman–Crippen LogP) is 1.99. The molecule has 0 spiro atoms. The lowest BCUT2D eigenvalue weighted by molar-refractivity contribution is -0.115. The molecule has 2 N–H and O–H groups in total. The second-order valence-electron chi connectivity index (χ2n) is 4.36. The van der Waals surface area contributed by atoms with Gasteiger partial charge < -0.3 is 0 Å².